The van der Waals surface area contributed by atoms with E-state index in [4.69, 9.17) is 9.57 Å². The van der Waals surface area contributed by atoms with Crippen LogP contribution in [0.1, 0.15) is 25.3 Å². The van der Waals surface area contributed by atoms with E-state index in [1.165, 1.54) is 6.33 Å². The fourth-order valence-corrected chi connectivity index (χ4v) is 4.37. The lowest BCUT2D eigenvalue weighted by atomic mass is 9.97. The van der Waals surface area contributed by atoms with Gasteiger partial charge in [0.25, 0.3) is 0 Å². The molecule has 2 aromatic heterocycles. The normalized spacial score (nSPS) is 14.2. The molecule has 1 aliphatic heterocycles. The molecule has 0 saturated carbocycles. The first-order chi connectivity index (χ1) is 16.5. The Morgan fingerprint density at radius 2 is 2.03 bits per heavy atom. The predicted octanol–water partition coefficient (Wildman–Crippen LogP) is 2.83. The lowest BCUT2D eigenvalue weighted by Gasteiger charge is -2.31. The minimum absolute atomic E-state index is 0.156. The van der Waals surface area contributed by atoms with Crippen LogP contribution >= 0.6 is 0 Å². The van der Waals surface area contributed by atoms with Gasteiger partial charge < -0.3 is 19.8 Å². The van der Waals surface area contributed by atoms with Crippen molar-refractivity contribution in [1.82, 2.24) is 14.7 Å². The lowest BCUT2D eigenvalue weighted by Crippen LogP contribution is -2.37. The number of rotatable bonds is 9. The van der Waals surface area contributed by atoms with Crippen LogP contribution in [0.15, 0.2) is 36.8 Å². The quantitative estimate of drug-likeness (QED) is 0.287. The smallest absolute Gasteiger partial charge is 0.353 e. The van der Waals surface area contributed by atoms with Gasteiger partial charge in [0.2, 0.25) is 11.6 Å². The van der Waals surface area contributed by atoms with Crippen molar-refractivity contribution < 1.29 is 19.3 Å². The zero-order valence-electron chi connectivity index (χ0n) is 19.3. The number of benzene rings is 1. The van der Waals surface area contributed by atoms with Crippen molar-refractivity contribution in [3.8, 4) is 0 Å². The fraction of sp³-hybridized carbons (Fsp3) is 0.435. The van der Waals surface area contributed by atoms with E-state index < -0.39 is 4.92 Å². The molecule has 1 aromatic carbocycles. The molecule has 0 aliphatic carbocycles. The van der Waals surface area contributed by atoms with Gasteiger partial charge in [-0.3, -0.25) is 14.9 Å². The minimum atomic E-state index is -0.452. The second kappa shape index (κ2) is 10.4. The lowest BCUT2D eigenvalue weighted by molar-refractivity contribution is -0.383. The molecule has 4 rings (SSSR count). The third-order valence-corrected chi connectivity index (χ3v) is 6.04. The van der Waals surface area contributed by atoms with Gasteiger partial charge in [-0.1, -0.05) is 18.2 Å². The van der Waals surface area contributed by atoms with Crippen LogP contribution in [-0.2, 0) is 16.0 Å². The number of carbonyl (C=O) groups is 1. The molecule has 11 heteroatoms. The van der Waals surface area contributed by atoms with E-state index >= 15 is 0 Å². The highest BCUT2D eigenvalue weighted by molar-refractivity contribution is 5.83. The van der Waals surface area contributed by atoms with Crippen molar-refractivity contribution in [3.63, 3.8) is 0 Å². The molecule has 0 bridgehead atoms. The Kier molecular flexibility index (Phi) is 7.09. The number of piperidine rings is 1. The number of esters is 1. The average molecular weight is 469 g/mol. The van der Waals surface area contributed by atoms with Gasteiger partial charge in [-0.15, -0.1) is 0 Å². The SMILES string of the molecule is CCOC(=O)C1CCN(c2ncnc(NCCc3cn(OC)c4ccccc34)c2[N+](=O)[O-])CC1. The predicted molar refractivity (Wildman–Crippen MR) is 127 cm³/mol. The Bertz CT molecular complexity index is 1170. The highest BCUT2D eigenvalue weighted by atomic mass is 16.6. The van der Waals surface area contributed by atoms with Crippen LogP contribution in [0.5, 0.6) is 0 Å². The van der Waals surface area contributed by atoms with Crippen LogP contribution < -0.4 is 15.1 Å². The van der Waals surface area contributed by atoms with Crippen molar-refractivity contribution in [1.29, 1.82) is 0 Å². The number of nitro groups is 1. The van der Waals surface area contributed by atoms with E-state index in [0.717, 1.165) is 16.5 Å². The van der Waals surface area contributed by atoms with Crippen LogP contribution in [-0.4, -0.2) is 58.9 Å². The summed E-state index contributed by atoms with van der Waals surface area (Å²) in [7, 11) is 1.61. The molecule has 3 aromatic rings. The van der Waals surface area contributed by atoms with E-state index in [0.29, 0.717) is 45.5 Å². The number of aromatic nitrogens is 3. The number of carbonyl (C=O) groups excluding carboxylic acids is 1. The van der Waals surface area contributed by atoms with Crippen molar-refractivity contribution >= 4 is 34.2 Å². The number of nitrogens with zero attached hydrogens (tertiary/aromatic N) is 5. The molecule has 1 N–H and O–H groups in total. The van der Waals surface area contributed by atoms with Crippen molar-refractivity contribution in [3.05, 3.63) is 52.5 Å². The Hall–Kier alpha value is -3.89. The zero-order chi connectivity index (χ0) is 24.1. The number of ether oxygens (including phenoxy) is 1. The summed E-state index contributed by atoms with van der Waals surface area (Å²) in [6.07, 6.45) is 5.00. The standard InChI is InChI=1S/C23H28N6O5/c1-3-34-23(30)16-9-12-27(13-10-16)22-20(29(31)32)21(25-15-26-22)24-11-8-17-14-28(33-2)19-7-5-4-6-18(17)19/h4-7,14-16H,3,8-13H2,1-2H3,(H,24,25,26). The Balaban J connectivity index is 1.47. The van der Waals surface area contributed by atoms with Crippen LogP contribution in [0.2, 0.25) is 0 Å². The molecule has 180 valence electrons. The number of para-hydroxylation sites is 1. The summed E-state index contributed by atoms with van der Waals surface area (Å²) in [5.74, 6) is 0.0410. The number of fused-ring (bicyclic) bond motifs is 1. The van der Waals surface area contributed by atoms with Gasteiger partial charge in [0.15, 0.2) is 0 Å². The summed E-state index contributed by atoms with van der Waals surface area (Å²) in [4.78, 5) is 39.1. The van der Waals surface area contributed by atoms with Gasteiger partial charge in [-0.25, -0.2) is 9.97 Å². The third-order valence-electron chi connectivity index (χ3n) is 6.04. The first-order valence-electron chi connectivity index (χ1n) is 11.3. The molecule has 0 spiro atoms. The molecule has 0 amide bonds. The summed E-state index contributed by atoms with van der Waals surface area (Å²) >= 11 is 0. The highest BCUT2D eigenvalue weighted by Gasteiger charge is 2.32. The number of anilines is 2. The van der Waals surface area contributed by atoms with Gasteiger partial charge in [0, 0.05) is 31.2 Å². The maximum Gasteiger partial charge on any atom is 0.353 e. The van der Waals surface area contributed by atoms with Crippen LogP contribution in [0.3, 0.4) is 0 Å². The monoisotopic (exact) mass is 468 g/mol. The molecule has 1 fully saturated rings. The minimum Gasteiger partial charge on any atom is -0.466 e. The zero-order valence-corrected chi connectivity index (χ0v) is 19.3. The van der Waals surface area contributed by atoms with Gasteiger partial charge in [-0.05, 0) is 37.8 Å². The van der Waals surface area contributed by atoms with E-state index in [-0.39, 0.29) is 29.2 Å². The maximum atomic E-state index is 12.0. The fourth-order valence-electron chi connectivity index (χ4n) is 4.37. The van der Waals surface area contributed by atoms with Crippen molar-refractivity contribution in [2.75, 3.05) is 43.6 Å². The van der Waals surface area contributed by atoms with Crippen LogP contribution in [0.25, 0.3) is 10.9 Å². The molecule has 0 atom stereocenters. The topological polar surface area (TPSA) is 125 Å². The number of hydrogen-bond donors (Lipinski definition) is 1. The van der Waals surface area contributed by atoms with Gasteiger partial charge in [0.05, 0.1) is 23.0 Å². The van der Waals surface area contributed by atoms with Crippen molar-refractivity contribution in [2.45, 2.75) is 26.2 Å². The maximum absolute atomic E-state index is 12.0. The summed E-state index contributed by atoms with van der Waals surface area (Å²) in [5, 5.41) is 16.1. The summed E-state index contributed by atoms with van der Waals surface area (Å²) < 4.78 is 6.81. The summed E-state index contributed by atoms with van der Waals surface area (Å²) in [6, 6.07) is 7.90. The summed E-state index contributed by atoms with van der Waals surface area (Å²) in [6.45, 7) is 3.54. The molecular formula is C23H28N6O5. The molecule has 0 radical (unpaired) electrons. The van der Waals surface area contributed by atoms with E-state index in [1.54, 1.807) is 18.8 Å². The first kappa shape index (κ1) is 23.3. The largest absolute Gasteiger partial charge is 0.466 e. The van der Waals surface area contributed by atoms with E-state index in [9.17, 15) is 14.9 Å². The number of hydrogen-bond acceptors (Lipinski definition) is 9. The molecule has 0 unspecified atom stereocenters. The Labute approximate surface area is 196 Å². The summed E-state index contributed by atoms with van der Waals surface area (Å²) in [5.41, 5.74) is 1.86. The Morgan fingerprint density at radius 1 is 1.26 bits per heavy atom. The molecule has 34 heavy (non-hydrogen) atoms. The van der Waals surface area contributed by atoms with Gasteiger partial charge in [0.1, 0.15) is 13.4 Å². The highest BCUT2D eigenvalue weighted by Crippen LogP contribution is 2.34. The van der Waals surface area contributed by atoms with E-state index in [1.807, 2.05) is 35.4 Å². The molecule has 3 heterocycles. The van der Waals surface area contributed by atoms with E-state index in [2.05, 4.69) is 15.3 Å². The number of nitrogens with one attached hydrogen (secondary N) is 1. The average Bonchev–Trinajstić information content (AvgIpc) is 3.22. The van der Waals surface area contributed by atoms with Gasteiger partial charge >= 0.3 is 11.7 Å². The van der Waals surface area contributed by atoms with Crippen molar-refractivity contribution in [2.24, 2.45) is 5.92 Å². The third kappa shape index (κ3) is 4.73. The molecule has 11 nitrogen and oxygen atoms in total. The van der Waals surface area contributed by atoms with Crippen LogP contribution in [0.4, 0.5) is 17.3 Å². The van der Waals surface area contributed by atoms with Crippen LogP contribution in [0, 0.1) is 16.0 Å². The Morgan fingerprint density at radius 3 is 2.74 bits per heavy atom. The second-order valence-electron chi connectivity index (χ2n) is 8.02. The molecule has 1 saturated heterocycles. The first-order valence-corrected chi connectivity index (χ1v) is 11.3. The molecule has 1 aliphatic rings. The van der Waals surface area contributed by atoms with Gasteiger partial charge in [-0.2, -0.15) is 4.73 Å². The molecular weight excluding hydrogens is 440 g/mol. The second-order valence-corrected chi connectivity index (χ2v) is 8.02.